The van der Waals surface area contributed by atoms with Crippen LogP contribution in [-0.4, -0.2) is 12.1 Å². The minimum atomic E-state index is -0.901. The summed E-state index contributed by atoms with van der Waals surface area (Å²) in [5.41, 5.74) is 0.542. The molecule has 0 bridgehead atoms. The normalized spacial score (nSPS) is 17.2. The molecule has 1 aromatic carbocycles. The summed E-state index contributed by atoms with van der Waals surface area (Å²) in [6, 6.07) is 3.25. The van der Waals surface area contributed by atoms with Gasteiger partial charge in [0.05, 0.1) is 6.04 Å². The van der Waals surface area contributed by atoms with E-state index in [4.69, 9.17) is 0 Å². The predicted octanol–water partition coefficient (Wildman–Crippen LogP) is 3.27. The number of hydrogen-bond acceptors (Lipinski definition) is 1. The van der Waals surface area contributed by atoms with Gasteiger partial charge in [0.1, 0.15) is 0 Å². The minimum Gasteiger partial charge on any atom is -0.335 e. The molecule has 0 aliphatic heterocycles. The summed E-state index contributed by atoms with van der Waals surface area (Å²) < 4.78 is 25.9. The smallest absolute Gasteiger partial charge is 0.315 e. The molecule has 1 fully saturated rings. The maximum Gasteiger partial charge on any atom is 0.315 e. The Morgan fingerprint density at radius 2 is 1.95 bits per heavy atom. The van der Waals surface area contributed by atoms with Crippen LogP contribution < -0.4 is 10.6 Å². The zero-order valence-corrected chi connectivity index (χ0v) is 10.9. The molecule has 0 heterocycles. The predicted molar refractivity (Wildman–Crippen MR) is 68.7 cm³/mol. The Morgan fingerprint density at radius 1 is 1.26 bits per heavy atom. The lowest BCUT2D eigenvalue weighted by Gasteiger charge is -2.18. The third-order valence-electron chi connectivity index (χ3n) is 3.48. The molecule has 1 aliphatic carbocycles. The summed E-state index contributed by atoms with van der Waals surface area (Å²) in [4.78, 5) is 11.7. The van der Waals surface area contributed by atoms with Crippen molar-refractivity contribution in [2.24, 2.45) is 0 Å². The molecule has 1 atom stereocenters. The van der Waals surface area contributed by atoms with Crippen molar-refractivity contribution in [3.63, 3.8) is 0 Å². The molecule has 1 aliphatic rings. The van der Waals surface area contributed by atoms with Crippen LogP contribution >= 0.6 is 0 Å². The van der Waals surface area contributed by atoms with Gasteiger partial charge < -0.3 is 10.6 Å². The van der Waals surface area contributed by atoms with Crippen molar-refractivity contribution in [3.05, 3.63) is 35.4 Å². The fourth-order valence-electron chi connectivity index (χ4n) is 2.36. The van der Waals surface area contributed by atoms with Gasteiger partial charge in [0.2, 0.25) is 0 Å². The highest BCUT2D eigenvalue weighted by molar-refractivity contribution is 5.74. The number of nitrogens with one attached hydrogen (secondary N) is 2. The van der Waals surface area contributed by atoms with E-state index in [1.165, 1.54) is 6.07 Å². The second-order valence-corrected chi connectivity index (χ2v) is 4.99. The Balaban J connectivity index is 1.90. The van der Waals surface area contributed by atoms with Crippen molar-refractivity contribution in [1.29, 1.82) is 0 Å². The number of hydrogen-bond donors (Lipinski definition) is 2. The van der Waals surface area contributed by atoms with Gasteiger partial charge in [0, 0.05) is 6.04 Å². The molecule has 0 aromatic heterocycles. The number of carbonyl (C=O) groups excluding carboxylic acids is 1. The Morgan fingerprint density at radius 3 is 2.58 bits per heavy atom. The minimum absolute atomic E-state index is 0.233. The van der Waals surface area contributed by atoms with Gasteiger partial charge in [-0.3, -0.25) is 0 Å². The van der Waals surface area contributed by atoms with Crippen LogP contribution in [0.4, 0.5) is 13.6 Å². The van der Waals surface area contributed by atoms with E-state index in [-0.39, 0.29) is 18.1 Å². The third-order valence-corrected chi connectivity index (χ3v) is 3.48. The quantitative estimate of drug-likeness (QED) is 0.868. The number of amides is 2. The number of urea groups is 1. The van der Waals surface area contributed by atoms with E-state index in [9.17, 15) is 13.6 Å². The maximum atomic E-state index is 13.1. The largest absolute Gasteiger partial charge is 0.335 e. The van der Waals surface area contributed by atoms with Crippen molar-refractivity contribution in [1.82, 2.24) is 10.6 Å². The zero-order chi connectivity index (χ0) is 13.8. The molecule has 0 spiro atoms. The van der Waals surface area contributed by atoms with Gasteiger partial charge in [-0.2, -0.15) is 0 Å². The summed E-state index contributed by atoms with van der Waals surface area (Å²) in [5.74, 6) is -1.78. The molecular weight excluding hydrogens is 250 g/mol. The van der Waals surface area contributed by atoms with Crippen LogP contribution in [0.1, 0.15) is 44.2 Å². The molecule has 2 amide bonds. The van der Waals surface area contributed by atoms with Crippen LogP contribution in [-0.2, 0) is 0 Å². The number of carbonyl (C=O) groups is 1. The van der Waals surface area contributed by atoms with Crippen molar-refractivity contribution >= 4 is 6.03 Å². The van der Waals surface area contributed by atoms with Crippen LogP contribution in [0.3, 0.4) is 0 Å². The summed E-state index contributed by atoms with van der Waals surface area (Å²) in [5, 5.41) is 5.62. The van der Waals surface area contributed by atoms with Gasteiger partial charge in [-0.05, 0) is 37.5 Å². The third kappa shape index (κ3) is 3.66. The first-order valence-corrected chi connectivity index (χ1v) is 6.58. The van der Waals surface area contributed by atoms with Crippen LogP contribution in [0.25, 0.3) is 0 Å². The van der Waals surface area contributed by atoms with E-state index in [1.807, 2.05) is 0 Å². The van der Waals surface area contributed by atoms with Gasteiger partial charge in [0.25, 0.3) is 0 Å². The highest BCUT2D eigenvalue weighted by atomic mass is 19.2. The molecule has 3 nitrogen and oxygen atoms in total. The summed E-state index contributed by atoms with van der Waals surface area (Å²) in [6.07, 6.45) is 4.30. The topological polar surface area (TPSA) is 41.1 Å². The van der Waals surface area contributed by atoms with Crippen molar-refractivity contribution in [2.75, 3.05) is 0 Å². The van der Waals surface area contributed by atoms with Crippen molar-refractivity contribution in [2.45, 2.75) is 44.7 Å². The lowest BCUT2D eigenvalue weighted by molar-refractivity contribution is 0.234. The van der Waals surface area contributed by atoms with Crippen LogP contribution in [0.2, 0.25) is 0 Å². The van der Waals surface area contributed by atoms with E-state index in [1.54, 1.807) is 6.92 Å². The molecule has 19 heavy (non-hydrogen) atoms. The SMILES string of the molecule is C[C@H](NC(=O)NC1CCCC1)c1ccc(F)c(F)c1. The van der Waals surface area contributed by atoms with Gasteiger partial charge in [-0.25, -0.2) is 13.6 Å². The second kappa shape index (κ2) is 5.99. The lowest BCUT2D eigenvalue weighted by atomic mass is 10.1. The Kier molecular flexibility index (Phi) is 4.35. The fourth-order valence-corrected chi connectivity index (χ4v) is 2.36. The highest BCUT2D eigenvalue weighted by Crippen LogP contribution is 2.18. The molecule has 1 aromatic rings. The van der Waals surface area contributed by atoms with Gasteiger partial charge >= 0.3 is 6.03 Å². The highest BCUT2D eigenvalue weighted by Gasteiger charge is 2.18. The van der Waals surface area contributed by atoms with Crippen molar-refractivity contribution < 1.29 is 13.6 Å². The summed E-state index contributed by atoms with van der Waals surface area (Å²) in [6.45, 7) is 1.74. The number of benzene rings is 1. The molecule has 2 N–H and O–H groups in total. The zero-order valence-electron chi connectivity index (χ0n) is 10.9. The lowest BCUT2D eigenvalue weighted by Crippen LogP contribution is -2.41. The van der Waals surface area contributed by atoms with E-state index >= 15 is 0 Å². The fraction of sp³-hybridized carbons (Fsp3) is 0.500. The van der Waals surface area contributed by atoms with E-state index < -0.39 is 11.6 Å². The Bertz CT molecular complexity index is 459. The van der Waals surface area contributed by atoms with Gasteiger partial charge in [0.15, 0.2) is 11.6 Å². The van der Waals surface area contributed by atoms with E-state index in [0.29, 0.717) is 5.56 Å². The van der Waals surface area contributed by atoms with Gasteiger partial charge in [-0.1, -0.05) is 18.9 Å². The molecule has 5 heteroatoms. The molecule has 104 valence electrons. The Hall–Kier alpha value is -1.65. The maximum absolute atomic E-state index is 13.1. The first-order valence-electron chi connectivity index (χ1n) is 6.58. The summed E-state index contributed by atoms with van der Waals surface area (Å²) in [7, 11) is 0. The molecule has 0 unspecified atom stereocenters. The standard InChI is InChI=1S/C14H18F2N2O/c1-9(10-6-7-12(15)13(16)8-10)17-14(19)18-11-4-2-3-5-11/h6-9,11H,2-5H2,1H3,(H2,17,18,19)/t9-/m0/s1. The van der Waals surface area contributed by atoms with E-state index in [2.05, 4.69) is 10.6 Å². The Labute approximate surface area is 111 Å². The van der Waals surface area contributed by atoms with Crippen molar-refractivity contribution in [3.8, 4) is 0 Å². The van der Waals surface area contributed by atoms with Crippen LogP contribution in [0, 0.1) is 11.6 Å². The van der Waals surface area contributed by atoms with Gasteiger partial charge in [-0.15, -0.1) is 0 Å². The molecule has 0 saturated heterocycles. The second-order valence-electron chi connectivity index (χ2n) is 4.99. The first kappa shape index (κ1) is 13.8. The average molecular weight is 268 g/mol. The molecule has 2 rings (SSSR count). The van der Waals surface area contributed by atoms with E-state index in [0.717, 1.165) is 37.8 Å². The monoisotopic (exact) mass is 268 g/mol. The first-order chi connectivity index (χ1) is 9.06. The number of halogens is 2. The number of rotatable bonds is 3. The van der Waals surface area contributed by atoms with Crippen LogP contribution in [0.15, 0.2) is 18.2 Å². The molecular formula is C14H18F2N2O. The molecule has 0 radical (unpaired) electrons. The molecule has 1 saturated carbocycles. The average Bonchev–Trinajstić information content (AvgIpc) is 2.85. The summed E-state index contributed by atoms with van der Waals surface area (Å²) >= 11 is 0. The van der Waals surface area contributed by atoms with Crippen LogP contribution in [0.5, 0.6) is 0 Å².